The van der Waals surface area contributed by atoms with Crippen molar-refractivity contribution in [2.45, 2.75) is 19.6 Å². The molecule has 0 bridgehead atoms. The van der Waals surface area contributed by atoms with Crippen molar-refractivity contribution in [3.8, 4) is 16.9 Å². The van der Waals surface area contributed by atoms with Gasteiger partial charge >= 0.3 is 5.97 Å². The molecule has 6 nitrogen and oxygen atoms in total. The Kier molecular flexibility index (Phi) is 5.27. The molecule has 4 rings (SSSR count). The van der Waals surface area contributed by atoms with E-state index in [4.69, 9.17) is 15.6 Å². The first kappa shape index (κ1) is 18.7. The maximum atomic E-state index is 11.1. The van der Waals surface area contributed by atoms with Crippen molar-refractivity contribution in [1.82, 2.24) is 10.2 Å². The van der Waals surface area contributed by atoms with Crippen LogP contribution in [0.5, 0.6) is 5.75 Å². The Morgan fingerprint density at radius 3 is 2.69 bits per heavy atom. The van der Waals surface area contributed by atoms with E-state index in [0.717, 1.165) is 33.3 Å². The highest BCUT2D eigenvalue weighted by Gasteiger charge is 2.11. The molecule has 4 aromatic rings. The Labute approximate surface area is 167 Å². The van der Waals surface area contributed by atoms with E-state index in [-0.39, 0.29) is 13.0 Å². The average molecular weight is 387 g/mol. The van der Waals surface area contributed by atoms with Crippen molar-refractivity contribution in [2.75, 3.05) is 0 Å². The number of aromatic amines is 1. The molecule has 0 aliphatic carbocycles. The maximum Gasteiger partial charge on any atom is 0.307 e. The molecule has 0 spiro atoms. The molecule has 0 atom stereocenters. The van der Waals surface area contributed by atoms with Crippen LogP contribution in [0, 0.1) is 0 Å². The van der Waals surface area contributed by atoms with Gasteiger partial charge in [0.15, 0.2) is 0 Å². The third-order valence-corrected chi connectivity index (χ3v) is 4.82. The fourth-order valence-corrected chi connectivity index (χ4v) is 3.34. The number of hydrogen-bond donors (Lipinski definition) is 3. The number of aliphatic carboxylic acids is 1. The molecule has 29 heavy (non-hydrogen) atoms. The van der Waals surface area contributed by atoms with Crippen molar-refractivity contribution in [2.24, 2.45) is 5.73 Å². The minimum atomic E-state index is -0.893. The summed E-state index contributed by atoms with van der Waals surface area (Å²) in [5.74, 6) is -0.339. The topological polar surface area (TPSA) is 101 Å². The summed E-state index contributed by atoms with van der Waals surface area (Å²) < 4.78 is 5.91. The third-order valence-electron chi connectivity index (χ3n) is 4.82. The summed E-state index contributed by atoms with van der Waals surface area (Å²) in [6, 6.07) is 21.4. The molecule has 6 heteroatoms. The zero-order chi connectivity index (χ0) is 20.2. The molecular formula is C23H21N3O3. The van der Waals surface area contributed by atoms with Gasteiger partial charge in [0.05, 0.1) is 11.9 Å². The zero-order valence-electron chi connectivity index (χ0n) is 15.8. The van der Waals surface area contributed by atoms with E-state index in [1.54, 1.807) is 18.2 Å². The number of carboxylic acid groups (broad SMARTS) is 1. The number of nitrogens with zero attached hydrogens (tertiary/aromatic N) is 1. The molecule has 3 aromatic carbocycles. The van der Waals surface area contributed by atoms with E-state index in [1.807, 2.05) is 30.3 Å². The highest BCUT2D eigenvalue weighted by Crippen LogP contribution is 2.27. The summed E-state index contributed by atoms with van der Waals surface area (Å²) in [7, 11) is 0. The van der Waals surface area contributed by atoms with Gasteiger partial charge in [0.25, 0.3) is 0 Å². The van der Waals surface area contributed by atoms with Crippen LogP contribution < -0.4 is 10.5 Å². The quantitative estimate of drug-likeness (QED) is 0.446. The number of H-pyrrole nitrogens is 1. The van der Waals surface area contributed by atoms with Gasteiger partial charge in [0, 0.05) is 17.5 Å². The largest absolute Gasteiger partial charge is 0.487 e. The monoisotopic (exact) mass is 387 g/mol. The number of carbonyl (C=O) groups is 1. The van der Waals surface area contributed by atoms with Crippen LogP contribution in [-0.4, -0.2) is 21.3 Å². The van der Waals surface area contributed by atoms with Gasteiger partial charge in [-0.1, -0.05) is 42.5 Å². The van der Waals surface area contributed by atoms with Gasteiger partial charge in [-0.25, -0.2) is 0 Å². The number of nitrogens with one attached hydrogen (secondary N) is 1. The molecule has 0 aliphatic heterocycles. The molecule has 0 fully saturated rings. The van der Waals surface area contributed by atoms with Crippen LogP contribution in [0.3, 0.4) is 0 Å². The number of carboxylic acids is 1. The maximum absolute atomic E-state index is 11.1. The molecule has 0 unspecified atom stereocenters. The minimum Gasteiger partial charge on any atom is -0.487 e. The average Bonchev–Trinajstić information content (AvgIpc) is 3.15. The van der Waals surface area contributed by atoms with Gasteiger partial charge in [-0.05, 0) is 41.0 Å². The lowest BCUT2D eigenvalue weighted by Gasteiger charge is -2.09. The molecule has 1 heterocycles. The number of hydrogen-bond acceptors (Lipinski definition) is 4. The number of fused-ring (bicyclic) bond motifs is 1. The summed E-state index contributed by atoms with van der Waals surface area (Å²) >= 11 is 0. The molecule has 0 amide bonds. The normalized spacial score (nSPS) is 10.9. The summed E-state index contributed by atoms with van der Waals surface area (Å²) in [4.78, 5) is 11.1. The summed E-state index contributed by atoms with van der Waals surface area (Å²) in [5.41, 5.74) is 11.3. The van der Waals surface area contributed by atoms with Gasteiger partial charge in [-0.2, -0.15) is 5.10 Å². The predicted molar refractivity (Wildman–Crippen MR) is 112 cm³/mol. The van der Waals surface area contributed by atoms with Crippen molar-refractivity contribution in [3.05, 3.63) is 83.6 Å². The van der Waals surface area contributed by atoms with Crippen LogP contribution >= 0.6 is 0 Å². The minimum absolute atomic E-state index is 0.0842. The van der Waals surface area contributed by atoms with Gasteiger partial charge < -0.3 is 15.6 Å². The van der Waals surface area contributed by atoms with E-state index in [1.165, 1.54) is 0 Å². The SMILES string of the molecule is NCc1cccc(-c2ccc3[nH]nc(COc4ccccc4CC(=O)O)c3c2)c1. The Morgan fingerprint density at radius 2 is 1.86 bits per heavy atom. The van der Waals surface area contributed by atoms with Crippen molar-refractivity contribution < 1.29 is 14.6 Å². The van der Waals surface area contributed by atoms with Crippen LogP contribution in [-0.2, 0) is 24.4 Å². The second-order valence-corrected chi connectivity index (χ2v) is 6.80. The van der Waals surface area contributed by atoms with E-state index in [9.17, 15) is 4.79 Å². The van der Waals surface area contributed by atoms with Gasteiger partial charge in [-0.15, -0.1) is 0 Å². The molecular weight excluding hydrogens is 366 g/mol. The molecule has 0 aliphatic rings. The molecule has 4 N–H and O–H groups in total. The molecule has 0 radical (unpaired) electrons. The Morgan fingerprint density at radius 1 is 1.03 bits per heavy atom. The highest BCUT2D eigenvalue weighted by molar-refractivity contribution is 5.86. The van der Waals surface area contributed by atoms with Crippen molar-refractivity contribution >= 4 is 16.9 Å². The summed E-state index contributed by atoms with van der Waals surface area (Å²) in [6.07, 6.45) is -0.0842. The van der Waals surface area contributed by atoms with Crippen LogP contribution in [0.1, 0.15) is 16.8 Å². The zero-order valence-corrected chi connectivity index (χ0v) is 15.8. The van der Waals surface area contributed by atoms with Crippen LogP contribution in [0.4, 0.5) is 0 Å². The second kappa shape index (κ2) is 8.16. The van der Waals surface area contributed by atoms with Gasteiger partial charge in [-0.3, -0.25) is 9.89 Å². The first-order valence-corrected chi connectivity index (χ1v) is 9.33. The lowest BCUT2D eigenvalue weighted by Crippen LogP contribution is -2.04. The van der Waals surface area contributed by atoms with Crippen LogP contribution in [0.2, 0.25) is 0 Å². The van der Waals surface area contributed by atoms with Gasteiger partial charge in [0.1, 0.15) is 18.1 Å². The standard InChI is InChI=1S/C23H21N3O3/c24-13-15-4-3-6-16(10-15)17-8-9-20-19(11-17)21(26-25-20)14-29-22-7-2-1-5-18(22)12-23(27)28/h1-11H,12-14,24H2,(H,25,26)(H,27,28). The number of rotatable bonds is 7. The molecule has 0 saturated carbocycles. The van der Waals surface area contributed by atoms with E-state index in [0.29, 0.717) is 17.9 Å². The summed E-state index contributed by atoms with van der Waals surface area (Å²) in [5, 5.41) is 17.5. The summed E-state index contributed by atoms with van der Waals surface area (Å²) in [6.45, 7) is 0.736. The molecule has 0 saturated heterocycles. The Balaban J connectivity index is 1.61. The predicted octanol–water partition coefficient (Wildman–Crippen LogP) is 3.89. The first-order chi connectivity index (χ1) is 14.1. The van der Waals surface area contributed by atoms with Crippen LogP contribution in [0.25, 0.3) is 22.0 Å². The number of benzene rings is 3. The fraction of sp³-hybridized carbons (Fsp3) is 0.130. The highest BCUT2D eigenvalue weighted by atomic mass is 16.5. The van der Waals surface area contributed by atoms with E-state index < -0.39 is 5.97 Å². The number of ether oxygens (including phenoxy) is 1. The lowest BCUT2D eigenvalue weighted by molar-refractivity contribution is -0.136. The van der Waals surface area contributed by atoms with E-state index >= 15 is 0 Å². The smallest absolute Gasteiger partial charge is 0.307 e. The first-order valence-electron chi connectivity index (χ1n) is 9.33. The van der Waals surface area contributed by atoms with E-state index in [2.05, 4.69) is 28.4 Å². The Hall–Kier alpha value is -3.64. The fourth-order valence-electron chi connectivity index (χ4n) is 3.34. The van der Waals surface area contributed by atoms with Crippen molar-refractivity contribution in [3.63, 3.8) is 0 Å². The van der Waals surface area contributed by atoms with Crippen LogP contribution in [0.15, 0.2) is 66.7 Å². The number of aromatic nitrogens is 2. The molecule has 146 valence electrons. The molecule has 1 aromatic heterocycles. The second-order valence-electron chi connectivity index (χ2n) is 6.80. The lowest BCUT2D eigenvalue weighted by atomic mass is 10.0. The third kappa shape index (κ3) is 4.12. The Bertz CT molecular complexity index is 1170. The number of nitrogens with two attached hydrogens (primary N) is 1. The van der Waals surface area contributed by atoms with Crippen molar-refractivity contribution in [1.29, 1.82) is 0 Å². The number of para-hydroxylation sites is 1. The van der Waals surface area contributed by atoms with Gasteiger partial charge in [0.2, 0.25) is 0 Å².